The molecule has 3 heterocycles. The first-order valence-corrected chi connectivity index (χ1v) is 8.65. The van der Waals surface area contributed by atoms with Crippen molar-refractivity contribution >= 4 is 17.7 Å². The molecule has 3 rings (SSSR count). The van der Waals surface area contributed by atoms with Crippen molar-refractivity contribution in [1.29, 1.82) is 0 Å². The third kappa shape index (κ3) is 3.21. The predicted octanol–water partition coefficient (Wildman–Crippen LogP) is 2.73. The molecule has 1 aromatic rings. The second-order valence-corrected chi connectivity index (χ2v) is 8.06. The van der Waals surface area contributed by atoms with E-state index in [1.807, 2.05) is 16.7 Å². The van der Waals surface area contributed by atoms with Crippen LogP contribution < -0.4 is 4.74 Å². The molecule has 1 unspecified atom stereocenters. The summed E-state index contributed by atoms with van der Waals surface area (Å²) in [5.74, 6) is 1.11. The highest BCUT2D eigenvalue weighted by molar-refractivity contribution is 8.01. The fourth-order valence-corrected chi connectivity index (χ4v) is 4.54. The number of carbonyl (C=O) groups is 1. The molecule has 0 bridgehead atoms. The summed E-state index contributed by atoms with van der Waals surface area (Å²) in [7, 11) is 0. The molecule has 2 aliphatic heterocycles. The molecule has 0 aliphatic carbocycles. The van der Waals surface area contributed by atoms with Crippen LogP contribution in [0.1, 0.15) is 26.7 Å². The lowest BCUT2D eigenvalue weighted by molar-refractivity contribution is -0.137. The molecule has 1 atom stereocenters. The highest BCUT2D eigenvalue weighted by atomic mass is 32.2. The molecule has 0 N–H and O–H groups in total. The Morgan fingerprint density at radius 2 is 2.36 bits per heavy atom. The lowest BCUT2D eigenvalue weighted by Gasteiger charge is -2.47. The smallest absolute Gasteiger partial charge is 0.250 e. The summed E-state index contributed by atoms with van der Waals surface area (Å²) < 4.78 is 19.4. The quantitative estimate of drug-likeness (QED) is 0.854. The van der Waals surface area contributed by atoms with Gasteiger partial charge < -0.3 is 9.64 Å². The van der Waals surface area contributed by atoms with Gasteiger partial charge in [-0.05, 0) is 18.1 Å². The summed E-state index contributed by atoms with van der Waals surface area (Å²) in [4.78, 5) is 17.9. The minimum atomic E-state index is -0.421. The molecule has 0 aromatic carbocycles. The second-order valence-electron chi connectivity index (χ2n) is 6.58. The van der Waals surface area contributed by atoms with Crippen LogP contribution in [0.2, 0.25) is 0 Å². The van der Waals surface area contributed by atoms with Crippen molar-refractivity contribution in [2.24, 2.45) is 5.92 Å². The summed E-state index contributed by atoms with van der Waals surface area (Å²) >= 11 is 1.84. The number of rotatable bonds is 4. The Hall–Kier alpha value is -1.30. The summed E-state index contributed by atoms with van der Waals surface area (Å²) in [6, 6.07) is 2.91. The van der Waals surface area contributed by atoms with Crippen LogP contribution in [-0.2, 0) is 4.79 Å². The van der Waals surface area contributed by atoms with Gasteiger partial charge in [0.25, 0.3) is 5.88 Å². The number of carbonyl (C=O) groups excluding carboxylic acids is 1. The van der Waals surface area contributed by atoms with Gasteiger partial charge in [0, 0.05) is 37.9 Å². The zero-order chi connectivity index (χ0) is 15.7. The van der Waals surface area contributed by atoms with Crippen LogP contribution in [0, 0.1) is 11.7 Å². The van der Waals surface area contributed by atoms with Gasteiger partial charge in [-0.2, -0.15) is 0 Å². The SMILES string of the molecule is CC(C)CC(=O)N1CC2(CC(Oc3ncccc3F)CS2)C1. The van der Waals surface area contributed by atoms with Crippen molar-refractivity contribution in [3.63, 3.8) is 0 Å². The molecular weight excluding hydrogens is 303 g/mol. The van der Waals surface area contributed by atoms with E-state index in [1.165, 1.54) is 12.3 Å². The van der Waals surface area contributed by atoms with E-state index in [2.05, 4.69) is 18.8 Å². The first-order valence-electron chi connectivity index (χ1n) is 7.66. The fraction of sp³-hybridized carbons (Fsp3) is 0.625. The molecule has 6 heteroatoms. The van der Waals surface area contributed by atoms with Gasteiger partial charge in [0.05, 0.1) is 4.75 Å². The Morgan fingerprint density at radius 1 is 1.59 bits per heavy atom. The molecule has 1 amide bonds. The first kappa shape index (κ1) is 15.6. The number of thioether (sulfide) groups is 1. The third-order valence-corrected chi connectivity index (χ3v) is 5.65. The molecule has 2 aliphatic rings. The van der Waals surface area contributed by atoms with E-state index in [9.17, 15) is 9.18 Å². The van der Waals surface area contributed by atoms with E-state index < -0.39 is 5.82 Å². The Bertz CT molecular complexity index is 561. The summed E-state index contributed by atoms with van der Waals surface area (Å²) in [5.41, 5.74) is 0. The number of likely N-dealkylation sites (tertiary alicyclic amines) is 1. The Labute approximate surface area is 134 Å². The van der Waals surface area contributed by atoms with E-state index >= 15 is 0 Å². The summed E-state index contributed by atoms with van der Waals surface area (Å²) in [6.07, 6.45) is 2.96. The molecule has 120 valence electrons. The highest BCUT2D eigenvalue weighted by Crippen LogP contribution is 2.46. The maximum Gasteiger partial charge on any atom is 0.250 e. The van der Waals surface area contributed by atoms with E-state index in [0.29, 0.717) is 12.3 Å². The van der Waals surface area contributed by atoms with Crippen LogP contribution in [0.25, 0.3) is 0 Å². The van der Waals surface area contributed by atoms with Crippen molar-refractivity contribution < 1.29 is 13.9 Å². The van der Waals surface area contributed by atoms with Crippen LogP contribution in [0.15, 0.2) is 18.3 Å². The van der Waals surface area contributed by atoms with Gasteiger partial charge in [-0.1, -0.05) is 13.8 Å². The number of aromatic nitrogens is 1. The highest BCUT2D eigenvalue weighted by Gasteiger charge is 2.51. The molecule has 2 saturated heterocycles. The van der Waals surface area contributed by atoms with Crippen molar-refractivity contribution in [2.45, 2.75) is 37.5 Å². The number of pyridine rings is 1. The van der Waals surface area contributed by atoms with Gasteiger partial charge in [0.15, 0.2) is 5.82 Å². The first-order chi connectivity index (χ1) is 10.5. The molecule has 1 spiro atoms. The lowest BCUT2D eigenvalue weighted by atomic mass is 9.92. The van der Waals surface area contributed by atoms with E-state index in [-0.39, 0.29) is 22.6 Å². The Kier molecular flexibility index (Phi) is 4.30. The van der Waals surface area contributed by atoms with Crippen LogP contribution in [0.5, 0.6) is 5.88 Å². The molecule has 0 radical (unpaired) electrons. The molecular formula is C16H21FN2O2S. The zero-order valence-corrected chi connectivity index (χ0v) is 13.7. The van der Waals surface area contributed by atoms with E-state index in [4.69, 9.17) is 4.74 Å². The maximum atomic E-state index is 13.6. The van der Waals surface area contributed by atoms with Gasteiger partial charge in [-0.25, -0.2) is 9.37 Å². The number of halogens is 1. The number of ether oxygens (including phenoxy) is 1. The monoisotopic (exact) mass is 324 g/mol. The van der Waals surface area contributed by atoms with Gasteiger partial charge in [0.1, 0.15) is 6.10 Å². The van der Waals surface area contributed by atoms with Crippen LogP contribution in [-0.4, -0.2) is 45.5 Å². The largest absolute Gasteiger partial charge is 0.471 e. The number of nitrogens with zero attached hydrogens (tertiary/aromatic N) is 2. The van der Waals surface area contributed by atoms with Crippen molar-refractivity contribution in [2.75, 3.05) is 18.8 Å². The second kappa shape index (κ2) is 6.07. The van der Waals surface area contributed by atoms with Gasteiger partial charge in [-0.15, -0.1) is 11.8 Å². The molecule has 22 heavy (non-hydrogen) atoms. The molecule has 4 nitrogen and oxygen atoms in total. The van der Waals surface area contributed by atoms with E-state index in [0.717, 1.165) is 25.3 Å². The maximum absolute atomic E-state index is 13.6. The fourth-order valence-electron chi connectivity index (χ4n) is 3.02. The van der Waals surface area contributed by atoms with Gasteiger partial charge in [0.2, 0.25) is 5.91 Å². The van der Waals surface area contributed by atoms with Crippen molar-refractivity contribution in [1.82, 2.24) is 9.88 Å². The van der Waals surface area contributed by atoms with Crippen LogP contribution in [0.3, 0.4) is 0 Å². The van der Waals surface area contributed by atoms with Crippen LogP contribution in [0.4, 0.5) is 4.39 Å². The van der Waals surface area contributed by atoms with Gasteiger partial charge >= 0.3 is 0 Å². The average Bonchev–Trinajstić information content (AvgIpc) is 2.83. The predicted molar refractivity (Wildman–Crippen MR) is 84.5 cm³/mol. The van der Waals surface area contributed by atoms with E-state index in [1.54, 1.807) is 6.07 Å². The number of amides is 1. The Balaban J connectivity index is 1.52. The standard InChI is InChI=1S/C16H21FN2O2S/c1-11(2)6-14(20)19-9-16(10-19)7-12(8-22-16)21-15-13(17)4-3-5-18-15/h3-5,11-12H,6-10H2,1-2H3. The Morgan fingerprint density at radius 3 is 3.05 bits per heavy atom. The third-order valence-electron chi connectivity index (χ3n) is 4.07. The lowest BCUT2D eigenvalue weighted by Crippen LogP contribution is -2.61. The molecule has 2 fully saturated rings. The number of hydrogen-bond acceptors (Lipinski definition) is 4. The van der Waals surface area contributed by atoms with Gasteiger partial charge in [-0.3, -0.25) is 4.79 Å². The average molecular weight is 324 g/mol. The zero-order valence-electron chi connectivity index (χ0n) is 12.9. The molecule has 1 aromatic heterocycles. The molecule has 0 saturated carbocycles. The minimum absolute atomic E-state index is 0.0308. The van der Waals surface area contributed by atoms with Crippen LogP contribution >= 0.6 is 11.8 Å². The normalized spacial score (nSPS) is 22.9. The van der Waals surface area contributed by atoms with Crippen molar-refractivity contribution in [3.05, 3.63) is 24.1 Å². The number of hydrogen-bond donors (Lipinski definition) is 0. The topological polar surface area (TPSA) is 42.4 Å². The minimum Gasteiger partial charge on any atom is -0.471 e. The van der Waals surface area contributed by atoms with Crippen molar-refractivity contribution in [3.8, 4) is 5.88 Å². The summed E-state index contributed by atoms with van der Waals surface area (Å²) in [6.45, 7) is 5.69. The summed E-state index contributed by atoms with van der Waals surface area (Å²) in [5, 5.41) is 0.